The Labute approximate surface area is 151 Å². The van der Waals surface area contributed by atoms with Gasteiger partial charge in [0.15, 0.2) is 8.32 Å². The summed E-state index contributed by atoms with van der Waals surface area (Å²) >= 11 is 0. The Hall–Kier alpha value is 0.177. The average molecular weight is 349 g/mol. The van der Waals surface area contributed by atoms with Gasteiger partial charge in [0.2, 0.25) is 0 Å². The molecule has 0 N–H and O–H groups in total. The molecule has 4 saturated carbocycles. The molecule has 4 aliphatic carbocycles. The second-order valence-electron chi connectivity index (χ2n) is 11.3. The maximum Gasteiger partial charge on any atom is 0.184 e. The van der Waals surface area contributed by atoms with Gasteiger partial charge in [-0.1, -0.05) is 33.1 Å². The van der Waals surface area contributed by atoms with Gasteiger partial charge in [-0.15, -0.1) is 0 Å². The fourth-order valence-electron chi connectivity index (χ4n) is 7.80. The Morgan fingerprint density at radius 2 is 1.62 bits per heavy atom. The van der Waals surface area contributed by atoms with Crippen LogP contribution in [-0.2, 0) is 4.43 Å². The lowest BCUT2D eigenvalue weighted by molar-refractivity contribution is -0.152. The van der Waals surface area contributed by atoms with Crippen molar-refractivity contribution in [1.29, 1.82) is 0 Å². The number of hydrogen-bond acceptors (Lipinski definition) is 1. The van der Waals surface area contributed by atoms with E-state index in [0.29, 0.717) is 16.9 Å². The van der Waals surface area contributed by atoms with Crippen LogP contribution in [0.2, 0.25) is 19.6 Å². The first-order valence-electron chi connectivity index (χ1n) is 10.9. The zero-order valence-electron chi connectivity index (χ0n) is 16.9. The Morgan fingerprint density at radius 3 is 2.38 bits per heavy atom. The molecule has 24 heavy (non-hydrogen) atoms. The molecule has 0 bridgehead atoms. The first-order chi connectivity index (χ1) is 11.2. The van der Waals surface area contributed by atoms with Crippen LogP contribution in [0.5, 0.6) is 0 Å². The molecule has 138 valence electrons. The molecule has 7 atom stereocenters. The molecule has 4 rings (SSSR count). The summed E-state index contributed by atoms with van der Waals surface area (Å²) in [6, 6.07) is 0. The fourth-order valence-corrected chi connectivity index (χ4v) is 8.96. The summed E-state index contributed by atoms with van der Waals surface area (Å²) in [6.45, 7) is 12.5. The molecule has 4 fully saturated rings. The standard InChI is InChI=1S/C22H40OSi/c1-21-12-8-10-17(21)20-18(11-14-21)22(2)13-7-6-9-16(22)15-19(20)23-24(3,4)5/h16-20H,6-15H2,1-5H3/t16-,17+,18+,19+,20+,21+,22+/m1/s1. The number of hydrogen-bond donors (Lipinski definition) is 0. The zero-order chi connectivity index (χ0) is 17.2. The van der Waals surface area contributed by atoms with Gasteiger partial charge < -0.3 is 4.43 Å². The van der Waals surface area contributed by atoms with Crippen molar-refractivity contribution in [3.05, 3.63) is 0 Å². The fraction of sp³-hybridized carbons (Fsp3) is 1.00. The maximum absolute atomic E-state index is 6.93. The average Bonchev–Trinajstić information content (AvgIpc) is 2.88. The molecule has 2 heteroatoms. The third kappa shape index (κ3) is 2.75. The van der Waals surface area contributed by atoms with E-state index in [0.717, 1.165) is 23.7 Å². The third-order valence-electron chi connectivity index (χ3n) is 8.86. The summed E-state index contributed by atoms with van der Waals surface area (Å²) in [5.74, 6) is 3.73. The van der Waals surface area contributed by atoms with E-state index in [-0.39, 0.29) is 0 Å². The van der Waals surface area contributed by atoms with Gasteiger partial charge in [0, 0.05) is 6.10 Å². The highest BCUT2D eigenvalue weighted by Crippen LogP contribution is 2.66. The van der Waals surface area contributed by atoms with Gasteiger partial charge in [-0.3, -0.25) is 0 Å². The monoisotopic (exact) mass is 348 g/mol. The van der Waals surface area contributed by atoms with E-state index in [9.17, 15) is 0 Å². The van der Waals surface area contributed by atoms with Crippen molar-refractivity contribution in [2.24, 2.45) is 34.5 Å². The number of rotatable bonds is 2. The van der Waals surface area contributed by atoms with Crippen molar-refractivity contribution in [2.45, 2.75) is 104 Å². The largest absolute Gasteiger partial charge is 0.414 e. The van der Waals surface area contributed by atoms with Gasteiger partial charge in [-0.25, -0.2) is 0 Å². The maximum atomic E-state index is 6.93. The van der Waals surface area contributed by atoms with Crippen LogP contribution in [0, 0.1) is 34.5 Å². The highest BCUT2D eigenvalue weighted by atomic mass is 28.4. The summed E-state index contributed by atoms with van der Waals surface area (Å²) in [7, 11) is -1.47. The van der Waals surface area contributed by atoms with Crippen molar-refractivity contribution in [3.63, 3.8) is 0 Å². The first kappa shape index (κ1) is 17.6. The van der Waals surface area contributed by atoms with Crippen molar-refractivity contribution >= 4 is 8.32 Å². The SMILES string of the molecule is C[C@@]12CCC[C@H]1[C@@H]1[C@@H](O[Si](C)(C)C)C[C@H]3CCCC[C@]3(C)[C@H]1CC2. The van der Waals surface area contributed by atoms with E-state index in [1.165, 1.54) is 64.2 Å². The minimum Gasteiger partial charge on any atom is -0.414 e. The van der Waals surface area contributed by atoms with Crippen molar-refractivity contribution < 1.29 is 4.43 Å². The Kier molecular flexibility index (Phi) is 4.28. The van der Waals surface area contributed by atoms with Gasteiger partial charge >= 0.3 is 0 Å². The van der Waals surface area contributed by atoms with Crippen LogP contribution in [-0.4, -0.2) is 14.4 Å². The molecule has 0 saturated heterocycles. The van der Waals surface area contributed by atoms with E-state index in [2.05, 4.69) is 33.5 Å². The van der Waals surface area contributed by atoms with E-state index < -0.39 is 8.32 Å². The quantitative estimate of drug-likeness (QED) is 0.508. The van der Waals surface area contributed by atoms with E-state index in [4.69, 9.17) is 4.43 Å². The van der Waals surface area contributed by atoms with Crippen molar-refractivity contribution in [3.8, 4) is 0 Å². The Bertz CT molecular complexity index is 483. The van der Waals surface area contributed by atoms with Gasteiger partial charge in [-0.2, -0.15) is 0 Å². The van der Waals surface area contributed by atoms with E-state index >= 15 is 0 Å². The summed E-state index contributed by atoms with van der Waals surface area (Å²) in [5, 5.41) is 0. The molecule has 0 aliphatic heterocycles. The zero-order valence-corrected chi connectivity index (χ0v) is 17.9. The molecule has 1 nitrogen and oxygen atoms in total. The van der Waals surface area contributed by atoms with Crippen LogP contribution in [0.1, 0.15) is 78.1 Å². The van der Waals surface area contributed by atoms with E-state index in [1.807, 2.05) is 0 Å². The molecule has 0 aromatic heterocycles. The second kappa shape index (κ2) is 5.84. The van der Waals surface area contributed by atoms with Gasteiger partial charge in [0.05, 0.1) is 0 Å². The van der Waals surface area contributed by atoms with Crippen molar-refractivity contribution in [2.75, 3.05) is 0 Å². The molecule has 0 amide bonds. The van der Waals surface area contributed by atoms with Gasteiger partial charge in [-0.05, 0) is 99.1 Å². The lowest BCUT2D eigenvalue weighted by Gasteiger charge is -2.62. The first-order valence-corrected chi connectivity index (χ1v) is 14.3. The van der Waals surface area contributed by atoms with Gasteiger partial charge in [0.1, 0.15) is 0 Å². The minimum atomic E-state index is -1.47. The third-order valence-corrected chi connectivity index (χ3v) is 9.87. The molecular formula is C22H40OSi. The van der Waals surface area contributed by atoms with Crippen molar-refractivity contribution in [1.82, 2.24) is 0 Å². The highest BCUT2D eigenvalue weighted by Gasteiger charge is 2.60. The topological polar surface area (TPSA) is 9.23 Å². The summed E-state index contributed by atoms with van der Waals surface area (Å²) < 4.78 is 6.93. The van der Waals surface area contributed by atoms with Crippen LogP contribution in [0.4, 0.5) is 0 Å². The highest BCUT2D eigenvalue weighted by molar-refractivity contribution is 6.69. The van der Waals surface area contributed by atoms with Crippen LogP contribution in [0.15, 0.2) is 0 Å². The molecule has 0 aromatic carbocycles. The summed E-state index contributed by atoms with van der Waals surface area (Å²) in [5.41, 5.74) is 1.27. The Morgan fingerprint density at radius 1 is 0.833 bits per heavy atom. The smallest absolute Gasteiger partial charge is 0.184 e. The lowest BCUT2D eigenvalue weighted by atomic mass is 9.45. The molecular weight excluding hydrogens is 308 g/mol. The predicted molar refractivity (Wildman–Crippen MR) is 105 cm³/mol. The Balaban J connectivity index is 1.70. The van der Waals surface area contributed by atoms with E-state index in [1.54, 1.807) is 0 Å². The second-order valence-corrected chi connectivity index (χ2v) is 15.8. The van der Waals surface area contributed by atoms with Crippen LogP contribution in [0.25, 0.3) is 0 Å². The molecule has 0 radical (unpaired) electrons. The minimum absolute atomic E-state index is 0.584. The summed E-state index contributed by atoms with van der Waals surface area (Å²) in [6.07, 6.45) is 15.4. The van der Waals surface area contributed by atoms with Gasteiger partial charge in [0.25, 0.3) is 0 Å². The lowest BCUT2D eigenvalue weighted by Crippen LogP contribution is -2.58. The summed E-state index contributed by atoms with van der Waals surface area (Å²) in [4.78, 5) is 0. The van der Waals surface area contributed by atoms with Crippen LogP contribution >= 0.6 is 0 Å². The molecule has 0 aromatic rings. The molecule has 0 heterocycles. The van der Waals surface area contributed by atoms with Crippen LogP contribution < -0.4 is 0 Å². The van der Waals surface area contributed by atoms with Crippen LogP contribution in [0.3, 0.4) is 0 Å². The predicted octanol–water partition coefficient (Wildman–Crippen LogP) is 6.64. The molecule has 0 spiro atoms. The number of fused-ring (bicyclic) bond motifs is 5. The normalized spacial score (nSPS) is 51.6. The molecule has 0 unspecified atom stereocenters. The molecule has 4 aliphatic rings.